The Kier molecular flexibility index (Phi) is 3.67. The molecule has 2 aromatic rings. The van der Waals surface area contributed by atoms with Gasteiger partial charge in [-0.2, -0.15) is 0 Å². The Morgan fingerprint density at radius 3 is 3.00 bits per heavy atom. The van der Waals surface area contributed by atoms with Crippen molar-refractivity contribution in [1.29, 1.82) is 0 Å². The molecule has 0 radical (unpaired) electrons. The first-order valence-corrected chi connectivity index (χ1v) is 8.77. The van der Waals surface area contributed by atoms with Gasteiger partial charge in [-0.25, -0.2) is 14.2 Å². The predicted octanol–water partition coefficient (Wildman–Crippen LogP) is 0.966. The lowest BCUT2D eigenvalue weighted by Crippen LogP contribution is -2.26. The lowest BCUT2D eigenvalue weighted by atomic mass is 10.1. The largest absolute Gasteiger partial charge is 0.477 e. The highest BCUT2D eigenvalue weighted by Crippen LogP contribution is 2.37. The lowest BCUT2D eigenvalue weighted by molar-refractivity contribution is 0.0695. The summed E-state index contributed by atoms with van der Waals surface area (Å²) < 4.78 is 37.9. The van der Waals surface area contributed by atoms with Crippen LogP contribution in [-0.4, -0.2) is 53.0 Å². The Balaban J connectivity index is 1.78. The summed E-state index contributed by atoms with van der Waals surface area (Å²) in [6.45, 7) is 0.424. The van der Waals surface area contributed by atoms with Gasteiger partial charge >= 0.3 is 5.97 Å². The van der Waals surface area contributed by atoms with Crippen LogP contribution in [0.3, 0.4) is 0 Å². The fraction of sp³-hybridized carbons (Fsp3) is 0.444. The molecule has 28 heavy (non-hydrogen) atoms. The van der Waals surface area contributed by atoms with E-state index in [1.807, 2.05) is 0 Å². The third kappa shape index (κ3) is 2.99. The zero-order valence-corrected chi connectivity index (χ0v) is 14.8. The zero-order chi connectivity index (χ0) is 22.5. The minimum Gasteiger partial charge on any atom is -0.477 e. The van der Waals surface area contributed by atoms with Crippen LogP contribution in [0, 0.1) is 11.7 Å². The first kappa shape index (κ1) is 15.0. The monoisotopic (exact) mass is 392 g/mol. The van der Waals surface area contributed by atoms with E-state index in [4.69, 9.17) is 9.85 Å². The third-order valence-corrected chi connectivity index (χ3v) is 5.12. The van der Waals surface area contributed by atoms with Gasteiger partial charge in [-0.3, -0.25) is 4.79 Å². The number of nitrogens with zero attached hydrogens (tertiary/aromatic N) is 4. The molecule has 1 aliphatic heterocycles. The van der Waals surface area contributed by atoms with Crippen LogP contribution in [-0.2, 0) is 4.84 Å². The van der Waals surface area contributed by atoms with Crippen LogP contribution in [0.4, 0.5) is 10.2 Å². The first-order valence-electron chi connectivity index (χ1n) is 10.3. The van der Waals surface area contributed by atoms with Gasteiger partial charge in [0.15, 0.2) is 11.6 Å². The highest BCUT2D eigenvalue weighted by molar-refractivity contribution is 5.95. The van der Waals surface area contributed by atoms with Crippen LogP contribution in [0.2, 0.25) is 0 Å². The normalized spacial score (nSPS) is 22.9. The van der Waals surface area contributed by atoms with Crippen LogP contribution < -0.4 is 16.1 Å². The Morgan fingerprint density at radius 1 is 1.57 bits per heavy atom. The van der Waals surface area contributed by atoms with Crippen molar-refractivity contribution in [3.8, 4) is 0 Å². The van der Waals surface area contributed by atoms with E-state index in [1.165, 1.54) is 6.20 Å². The van der Waals surface area contributed by atoms with Gasteiger partial charge in [0, 0.05) is 31.2 Å². The van der Waals surface area contributed by atoms with Crippen molar-refractivity contribution in [2.24, 2.45) is 16.8 Å². The molecular formula is C18H20FN5O4. The van der Waals surface area contributed by atoms with Gasteiger partial charge in [0.1, 0.15) is 18.2 Å². The highest BCUT2D eigenvalue weighted by atomic mass is 19.1. The molecule has 0 amide bonds. The Hall–Kier alpha value is -3.01. The molecule has 3 N–H and O–H groups in total. The van der Waals surface area contributed by atoms with Crippen molar-refractivity contribution >= 4 is 28.5 Å². The summed E-state index contributed by atoms with van der Waals surface area (Å²) in [5, 5.41) is 12.9. The summed E-state index contributed by atoms with van der Waals surface area (Å²) in [7, 11) is -2.71. The average Bonchev–Trinajstić information content (AvgIpc) is 3.45. The molecule has 1 aliphatic carbocycles. The van der Waals surface area contributed by atoms with E-state index < -0.39 is 29.8 Å². The third-order valence-electron chi connectivity index (χ3n) is 5.12. The van der Waals surface area contributed by atoms with E-state index in [0.29, 0.717) is 5.71 Å². The van der Waals surface area contributed by atoms with Gasteiger partial charge in [-0.1, -0.05) is 5.16 Å². The minimum atomic E-state index is -2.71. The molecule has 9 nitrogen and oxygen atoms in total. The molecular weight excluding hydrogens is 369 g/mol. The maximum atomic E-state index is 15.0. The van der Waals surface area contributed by atoms with E-state index in [-0.39, 0.29) is 48.4 Å². The number of carbonyl (C=O) groups is 1. The number of anilines is 1. The molecule has 0 bridgehead atoms. The van der Waals surface area contributed by atoms with E-state index in [0.717, 1.165) is 18.9 Å². The average molecular weight is 392 g/mol. The number of carboxylic acids is 1. The van der Waals surface area contributed by atoms with Gasteiger partial charge < -0.3 is 25.1 Å². The second kappa shape index (κ2) is 6.86. The van der Waals surface area contributed by atoms with Crippen LogP contribution in [0.1, 0.15) is 33.4 Å². The van der Waals surface area contributed by atoms with E-state index in [1.54, 1.807) is 9.47 Å². The summed E-state index contributed by atoms with van der Waals surface area (Å²) in [5.74, 6) is -2.60. The molecule has 3 heterocycles. The van der Waals surface area contributed by atoms with Gasteiger partial charge in [-0.15, -0.1) is 0 Å². The van der Waals surface area contributed by atoms with Crippen molar-refractivity contribution in [3.63, 3.8) is 0 Å². The summed E-state index contributed by atoms with van der Waals surface area (Å²) in [6, 6.07) is 0.990. The molecule has 2 aromatic heterocycles. The molecule has 2 fully saturated rings. The van der Waals surface area contributed by atoms with Gasteiger partial charge in [-0.05, 0) is 18.9 Å². The summed E-state index contributed by atoms with van der Waals surface area (Å²) in [4.78, 5) is 34.4. The van der Waals surface area contributed by atoms with Crippen molar-refractivity contribution in [3.05, 3.63) is 33.9 Å². The molecule has 4 rings (SSSR count). The minimum absolute atomic E-state index is 0.00723. The van der Waals surface area contributed by atoms with Crippen LogP contribution in [0.5, 0.6) is 0 Å². The number of carboxylic acid groups (broad SMARTS) is 1. The zero-order valence-electron chi connectivity index (χ0n) is 17.8. The van der Waals surface area contributed by atoms with Crippen LogP contribution in [0.25, 0.3) is 11.0 Å². The molecule has 1 saturated heterocycles. The first-order chi connectivity index (χ1) is 14.6. The van der Waals surface area contributed by atoms with Crippen molar-refractivity contribution in [1.82, 2.24) is 9.55 Å². The number of pyridine rings is 2. The van der Waals surface area contributed by atoms with Crippen molar-refractivity contribution in [2.75, 3.05) is 31.6 Å². The Morgan fingerprint density at radius 2 is 2.36 bits per heavy atom. The van der Waals surface area contributed by atoms with E-state index in [9.17, 15) is 19.1 Å². The highest BCUT2D eigenvalue weighted by Gasteiger charge is 2.33. The molecule has 0 spiro atoms. The number of halogens is 1. The molecule has 2 aliphatic rings. The maximum absolute atomic E-state index is 15.0. The number of rotatable bonds is 5. The molecule has 1 atom stereocenters. The number of hydrogen-bond acceptors (Lipinski definition) is 7. The quantitative estimate of drug-likeness (QED) is 0.727. The number of hydrogen-bond donors (Lipinski definition) is 2. The SMILES string of the molecule is [2H]C([2H])([2H])O/N=C1\CN(c2nc3c(cc2F)c(=O)c(C(=O)O)cn3C2CC2)CC1CN. The standard InChI is InChI=1S/C18H20FN5O4/c1-28-22-14-8-23(6-9(14)5-20)17-13(19)4-11-15(25)12(18(26)27)7-24(10-2-3-10)16(11)21-17/h4,7,9-10H,2-3,5-6,8,20H2,1H3,(H,26,27)/b22-14+/i1D3. The number of nitrogens with two attached hydrogens (primary N) is 1. The summed E-state index contributed by atoms with van der Waals surface area (Å²) >= 11 is 0. The molecule has 0 aromatic carbocycles. The second-order valence-electron chi connectivity index (χ2n) is 6.97. The van der Waals surface area contributed by atoms with E-state index >= 15 is 0 Å². The topological polar surface area (TPSA) is 123 Å². The van der Waals surface area contributed by atoms with Crippen LogP contribution in [0.15, 0.2) is 22.2 Å². The predicted molar refractivity (Wildman–Crippen MR) is 100 cm³/mol. The molecule has 1 unspecified atom stereocenters. The van der Waals surface area contributed by atoms with E-state index in [2.05, 4.69) is 15.0 Å². The molecule has 148 valence electrons. The van der Waals surface area contributed by atoms with Gasteiger partial charge in [0.2, 0.25) is 5.43 Å². The fourth-order valence-corrected chi connectivity index (χ4v) is 3.54. The molecule has 1 saturated carbocycles. The fourth-order valence-electron chi connectivity index (χ4n) is 3.54. The van der Waals surface area contributed by atoms with Crippen molar-refractivity contribution < 1.29 is 23.2 Å². The Labute approximate surface area is 163 Å². The number of fused-ring (bicyclic) bond motifs is 1. The van der Waals surface area contributed by atoms with Crippen LogP contribution >= 0.6 is 0 Å². The molecule has 10 heteroatoms. The number of oxime groups is 1. The second-order valence-corrected chi connectivity index (χ2v) is 6.97. The smallest absolute Gasteiger partial charge is 0.341 e. The van der Waals surface area contributed by atoms with Gasteiger partial charge in [0.05, 0.1) is 21.8 Å². The number of aromatic nitrogens is 2. The summed E-state index contributed by atoms with van der Waals surface area (Å²) in [5.41, 5.74) is 5.06. The maximum Gasteiger partial charge on any atom is 0.341 e. The lowest BCUT2D eigenvalue weighted by Gasteiger charge is -2.19. The Bertz CT molecular complexity index is 1150. The van der Waals surface area contributed by atoms with Crippen molar-refractivity contribution in [2.45, 2.75) is 18.9 Å². The number of aromatic carboxylic acids is 1. The summed E-state index contributed by atoms with van der Waals surface area (Å²) in [6.07, 6.45) is 2.85. The van der Waals surface area contributed by atoms with Gasteiger partial charge in [0.25, 0.3) is 0 Å².